The number of nitrogens with zero attached hydrogens (tertiary/aromatic N) is 2. The maximum Gasteiger partial charge on any atom is 0.277 e. The highest BCUT2D eigenvalue weighted by molar-refractivity contribution is 8.00. The third-order valence-corrected chi connectivity index (χ3v) is 4.53. The fourth-order valence-electron chi connectivity index (χ4n) is 2.29. The van der Waals surface area contributed by atoms with E-state index in [0.29, 0.717) is 17.7 Å². The Kier molecular flexibility index (Phi) is 5.68. The minimum atomic E-state index is -0.394. The molecule has 7 heteroatoms. The highest BCUT2D eigenvalue weighted by Crippen LogP contribution is 2.28. The Bertz CT molecular complexity index is 879. The number of hydrogen-bond acceptors (Lipinski definition) is 6. The van der Waals surface area contributed by atoms with Gasteiger partial charge in [0.1, 0.15) is 11.6 Å². The van der Waals surface area contributed by atoms with Gasteiger partial charge in [-0.2, -0.15) is 0 Å². The smallest absolute Gasteiger partial charge is 0.277 e. The number of aromatic nitrogens is 2. The maximum absolute atomic E-state index is 13.0. The zero-order valence-corrected chi connectivity index (χ0v) is 15.1. The van der Waals surface area contributed by atoms with Crippen molar-refractivity contribution in [2.75, 3.05) is 6.61 Å². The van der Waals surface area contributed by atoms with Gasteiger partial charge < -0.3 is 9.15 Å². The normalized spacial score (nSPS) is 12.0. The summed E-state index contributed by atoms with van der Waals surface area (Å²) in [5.74, 6) is 0.635. The molecule has 3 aromatic rings. The SMILES string of the molecule is CCOc1ccc(C(=O)C(C)Sc2nnc(-c3ccc(F)cc3)o2)cc1. The topological polar surface area (TPSA) is 65.2 Å². The fraction of sp³-hybridized carbons (Fsp3) is 0.211. The van der Waals surface area contributed by atoms with Gasteiger partial charge in [-0.25, -0.2) is 4.39 Å². The molecule has 0 saturated heterocycles. The Morgan fingerprint density at radius 2 is 1.85 bits per heavy atom. The van der Waals surface area contributed by atoms with Crippen LogP contribution >= 0.6 is 11.8 Å². The van der Waals surface area contributed by atoms with Crippen LogP contribution in [0.3, 0.4) is 0 Å². The number of carbonyl (C=O) groups excluding carboxylic acids is 1. The number of thioether (sulfide) groups is 1. The van der Waals surface area contributed by atoms with E-state index in [1.54, 1.807) is 43.3 Å². The molecule has 0 fully saturated rings. The van der Waals surface area contributed by atoms with Crippen LogP contribution in [0.25, 0.3) is 11.5 Å². The van der Waals surface area contributed by atoms with E-state index in [1.165, 1.54) is 23.9 Å². The lowest BCUT2D eigenvalue weighted by atomic mass is 10.1. The molecule has 1 heterocycles. The number of Topliss-reactive ketones (excluding diaryl/α,β-unsaturated/α-hetero) is 1. The summed E-state index contributed by atoms with van der Waals surface area (Å²) >= 11 is 1.18. The van der Waals surface area contributed by atoms with Crippen molar-refractivity contribution in [1.29, 1.82) is 0 Å². The average molecular weight is 372 g/mol. The molecule has 5 nitrogen and oxygen atoms in total. The highest BCUT2D eigenvalue weighted by atomic mass is 32.2. The average Bonchev–Trinajstić information content (AvgIpc) is 3.11. The second-order valence-corrected chi connectivity index (χ2v) is 6.75. The van der Waals surface area contributed by atoms with Crippen molar-refractivity contribution < 1.29 is 18.3 Å². The minimum absolute atomic E-state index is 0.0421. The molecule has 1 atom stereocenters. The number of carbonyl (C=O) groups is 1. The van der Waals surface area contributed by atoms with Crippen LogP contribution in [0.1, 0.15) is 24.2 Å². The number of ether oxygens (including phenoxy) is 1. The van der Waals surface area contributed by atoms with E-state index in [0.717, 1.165) is 5.75 Å². The molecule has 1 aromatic heterocycles. The predicted octanol–water partition coefficient (Wildman–Crippen LogP) is 4.64. The van der Waals surface area contributed by atoms with Crippen molar-refractivity contribution in [3.63, 3.8) is 0 Å². The van der Waals surface area contributed by atoms with E-state index in [2.05, 4.69) is 10.2 Å². The van der Waals surface area contributed by atoms with Gasteiger partial charge in [0.2, 0.25) is 5.89 Å². The lowest BCUT2D eigenvalue weighted by molar-refractivity contribution is 0.0993. The Hall–Kier alpha value is -2.67. The molecule has 2 aromatic carbocycles. The van der Waals surface area contributed by atoms with E-state index in [-0.39, 0.29) is 22.7 Å². The first-order valence-corrected chi connectivity index (χ1v) is 8.98. The van der Waals surface area contributed by atoms with Crippen molar-refractivity contribution in [2.24, 2.45) is 0 Å². The van der Waals surface area contributed by atoms with Gasteiger partial charge in [-0.05, 0) is 62.4 Å². The van der Waals surface area contributed by atoms with Gasteiger partial charge in [0, 0.05) is 11.1 Å². The van der Waals surface area contributed by atoms with E-state index in [4.69, 9.17) is 9.15 Å². The van der Waals surface area contributed by atoms with Crippen LogP contribution in [0, 0.1) is 5.82 Å². The second-order valence-electron chi connectivity index (χ2n) is 5.46. The summed E-state index contributed by atoms with van der Waals surface area (Å²) in [6.45, 7) is 4.26. The minimum Gasteiger partial charge on any atom is -0.494 e. The van der Waals surface area contributed by atoms with Gasteiger partial charge in [-0.1, -0.05) is 11.8 Å². The highest BCUT2D eigenvalue weighted by Gasteiger charge is 2.20. The summed E-state index contributed by atoms with van der Waals surface area (Å²) in [7, 11) is 0. The van der Waals surface area contributed by atoms with Crippen LogP contribution < -0.4 is 4.74 Å². The lowest BCUT2D eigenvalue weighted by Crippen LogP contribution is -2.13. The third kappa shape index (κ3) is 4.29. The van der Waals surface area contributed by atoms with Gasteiger partial charge in [0.05, 0.1) is 11.9 Å². The zero-order valence-electron chi connectivity index (χ0n) is 14.3. The standard InChI is InChI=1S/C19H17FN2O3S/c1-3-24-16-10-6-13(7-11-16)17(23)12(2)26-19-22-21-18(25-19)14-4-8-15(20)9-5-14/h4-12H,3H2,1-2H3. The largest absolute Gasteiger partial charge is 0.494 e. The van der Waals surface area contributed by atoms with Crippen molar-refractivity contribution in [3.8, 4) is 17.2 Å². The Morgan fingerprint density at radius 3 is 2.50 bits per heavy atom. The first kappa shape index (κ1) is 18.1. The van der Waals surface area contributed by atoms with Crippen molar-refractivity contribution >= 4 is 17.5 Å². The number of rotatable bonds is 7. The van der Waals surface area contributed by atoms with Crippen molar-refractivity contribution in [3.05, 3.63) is 59.9 Å². The first-order chi connectivity index (χ1) is 12.6. The molecular weight excluding hydrogens is 355 g/mol. The molecular formula is C19H17FN2O3S. The molecule has 0 N–H and O–H groups in total. The van der Waals surface area contributed by atoms with Crippen LogP contribution in [-0.4, -0.2) is 27.8 Å². The molecule has 0 saturated carbocycles. The van der Waals surface area contributed by atoms with Crippen LogP contribution in [0.4, 0.5) is 4.39 Å². The van der Waals surface area contributed by atoms with Gasteiger partial charge in [0.15, 0.2) is 5.78 Å². The molecule has 26 heavy (non-hydrogen) atoms. The van der Waals surface area contributed by atoms with Crippen LogP contribution in [-0.2, 0) is 0 Å². The van der Waals surface area contributed by atoms with E-state index in [1.807, 2.05) is 6.92 Å². The summed E-state index contributed by atoms with van der Waals surface area (Å²) in [4.78, 5) is 12.5. The lowest BCUT2D eigenvalue weighted by Gasteiger charge is -2.08. The first-order valence-electron chi connectivity index (χ1n) is 8.10. The monoisotopic (exact) mass is 372 g/mol. The number of ketones is 1. The molecule has 0 amide bonds. The second kappa shape index (κ2) is 8.14. The van der Waals surface area contributed by atoms with Crippen molar-refractivity contribution in [2.45, 2.75) is 24.3 Å². The summed E-state index contributed by atoms with van der Waals surface area (Å²) in [6.07, 6.45) is 0. The molecule has 0 bridgehead atoms. The van der Waals surface area contributed by atoms with E-state index < -0.39 is 5.25 Å². The summed E-state index contributed by atoms with van der Waals surface area (Å²) < 4.78 is 23.9. The Balaban J connectivity index is 1.66. The molecule has 3 rings (SSSR count). The molecule has 1 unspecified atom stereocenters. The summed E-state index contributed by atoms with van der Waals surface area (Å²) in [6, 6.07) is 12.8. The van der Waals surface area contributed by atoms with Crippen LogP contribution in [0.2, 0.25) is 0 Å². The molecule has 0 radical (unpaired) electrons. The molecule has 0 aliphatic heterocycles. The van der Waals surface area contributed by atoms with Gasteiger partial charge in [-0.15, -0.1) is 10.2 Å². The third-order valence-electron chi connectivity index (χ3n) is 3.59. The zero-order chi connectivity index (χ0) is 18.5. The number of hydrogen-bond donors (Lipinski definition) is 0. The molecule has 0 aliphatic rings. The van der Waals surface area contributed by atoms with Crippen LogP contribution in [0.15, 0.2) is 58.2 Å². The van der Waals surface area contributed by atoms with Gasteiger partial charge >= 0.3 is 0 Å². The van der Waals surface area contributed by atoms with E-state index in [9.17, 15) is 9.18 Å². The van der Waals surface area contributed by atoms with Gasteiger partial charge in [-0.3, -0.25) is 4.79 Å². The fourth-order valence-corrected chi connectivity index (χ4v) is 3.05. The molecule has 0 spiro atoms. The van der Waals surface area contributed by atoms with Crippen LogP contribution in [0.5, 0.6) is 5.75 Å². The summed E-state index contributed by atoms with van der Waals surface area (Å²) in [5.41, 5.74) is 1.21. The predicted molar refractivity (Wildman–Crippen MR) is 97.0 cm³/mol. The number of benzene rings is 2. The van der Waals surface area contributed by atoms with Gasteiger partial charge in [0.25, 0.3) is 5.22 Å². The number of halogens is 1. The molecule has 134 valence electrons. The quantitative estimate of drug-likeness (QED) is 0.445. The summed E-state index contributed by atoms with van der Waals surface area (Å²) in [5, 5.41) is 7.79. The molecule has 0 aliphatic carbocycles. The maximum atomic E-state index is 13.0. The Morgan fingerprint density at radius 1 is 1.15 bits per heavy atom. The van der Waals surface area contributed by atoms with E-state index >= 15 is 0 Å². The Labute approximate surface area is 154 Å². The van der Waals surface area contributed by atoms with Crippen molar-refractivity contribution in [1.82, 2.24) is 10.2 Å².